The lowest BCUT2D eigenvalue weighted by Crippen LogP contribution is -2.24. The van der Waals surface area contributed by atoms with Gasteiger partial charge in [0, 0.05) is 12.0 Å². The zero-order valence-corrected chi connectivity index (χ0v) is 12.2. The van der Waals surface area contributed by atoms with E-state index in [-0.39, 0.29) is 5.60 Å². The molecule has 1 heterocycles. The van der Waals surface area contributed by atoms with Crippen molar-refractivity contribution < 1.29 is 4.74 Å². The summed E-state index contributed by atoms with van der Waals surface area (Å²) in [4.78, 5) is 0. The molecule has 17 heavy (non-hydrogen) atoms. The van der Waals surface area contributed by atoms with E-state index in [1.807, 2.05) is 0 Å². The minimum Gasteiger partial charge on any atom is -0.487 e. The van der Waals surface area contributed by atoms with Crippen LogP contribution in [0.2, 0.25) is 0 Å². The Morgan fingerprint density at radius 1 is 1.00 bits per heavy atom. The fourth-order valence-electron chi connectivity index (χ4n) is 3.17. The molecule has 1 aromatic rings. The lowest BCUT2D eigenvalue weighted by Gasteiger charge is -2.20. The normalized spacial score (nSPS) is 17.2. The van der Waals surface area contributed by atoms with Crippen LogP contribution in [0.15, 0.2) is 0 Å². The molecule has 0 saturated carbocycles. The summed E-state index contributed by atoms with van der Waals surface area (Å²) in [6.07, 6.45) is 1.04. The Hall–Kier alpha value is -0.980. The molecule has 1 aromatic carbocycles. The SMILES string of the molecule is Cc1c(C)c(C(C)C)c(C)c2c1OC(C)(C)C2. The van der Waals surface area contributed by atoms with Crippen LogP contribution in [0.1, 0.15) is 61.4 Å². The summed E-state index contributed by atoms with van der Waals surface area (Å²) >= 11 is 0. The van der Waals surface area contributed by atoms with Gasteiger partial charge in [-0.25, -0.2) is 0 Å². The van der Waals surface area contributed by atoms with Gasteiger partial charge >= 0.3 is 0 Å². The molecule has 0 fully saturated rings. The Labute approximate surface area is 105 Å². The molecule has 0 aromatic heterocycles. The number of hydrogen-bond acceptors (Lipinski definition) is 1. The zero-order valence-electron chi connectivity index (χ0n) is 12.2. The van der Waals surface area contributed by atoms with Crippen molar-refractivity contribution in [3.63, 3.8) is 0 Å². The van der Waals surface area contributed by atoms with Gasteiger partial charge in [0.2, 0.25) is 0 Å². The Kier molecular flexibility index (Phi) is 2.76. The zero-order chi connectivity index (χ0) is 13.0. The highest BCUT2D eigenvalue weighted by Crippen LogP contribution is 2.44. The molecule has 0 saturated heterocycles. The van der Waals surface area contributed by atoms with Crippen LogP contribution in [-0.4, -0.2) is 5.60 Å². The molecule has 1 aliphatic heterocycles. The van der Waals surface area contributed by atoms with Crippen LogP contribution in [0.4, 0.5) is 0 Å². The van der Waals surface area contributed by atoms with Crippen LogP contribution in [-0.2, 0) is 6.42 Å². The average Bonchev–Trinajstić information content (AvgIpc) is 2.51. The molecule has 1 heteroatoms. The fraction of sp³-hybridized carbons (Fsp3) is 0.625. The van der Waals surface area contributed by atoms with E-state index in [4.69, 9.17) is 4.74 Å². The van der Waals surface area contributed by atoms with Crippen LogP contribution in [0.25, 0.3) is 0 Å². The Bertz CT molecular complexity index is 467. The van der Waals surface area contributed by atoms with Crippen LogP contribution < -0.4 is 4.74 Å². The van der Waals surface area contributed by atoms with Gasteiger partial charge in [0.15, 0.2) is 0 Å². The maximum atomic E-state index is 6.12. The van der Waals surface area contributed by atoms with Gasteiger partial charge in [-0.05, 0) is 62.8 Å². The summed E-state index contributed by atoms with van der Waals surface area (Å²) in [5.41, 5.74) is 7.10. The van der Waals surface area contributed by atoms with Crippen LogP contribution in [0.3, 0.4) is 0 Å². The number of fused-ring (bicyclic) bond motifs is 1. The third-order valence-electron chi connectivity index (χ3n) is 4.00. The minimum atomic E-state index is -0.0418. The summed E-state index contributed by atoms with van der Waals surface area (Å²) < 4.78 is 6.12. The van der Waals surface area contributed by atoms with Crippen molar-refractivity contribution in [1.82, 2.24) is 0 Å². The summed E-state index contributed by atoms with van der Waals surface area (Å²) in [6.45, 7) is 15.6. The first-order chi connectivity index (χ1) is 7.74. The second-order valence-corrected chi connectivity index (χ2v) is 6.29. The summed E-state index contributed by atoms with van der Waals surface area (Å²) in [5.74, 6) is 1.73. The molecular formula is C16H24O. The van der Waals surface area contributed by atoms with Crippen molar-refractivity contribution in [2.45, 2.75) is 66.4 Å². The minimum absolute atomic E-state index is 0.0418. The summed E-state index contributed by atoms with van der Waals surface area (Å²) in [6, 6.07) is 0. The Morgan fingerprint density at radius 3 is 2.12 bits per heavy atom. The first kappa shape index (κ1) is 12.5. The third kappa shape index (κ3) is 1.86. The number of benzene rings is 1. The molecule has 0 N–H and O–H groups in total. The van der Waals surface area contributed by atoms with E-state index < -0.39 is 0 Å². The second-order valence-electron chi connectivity index (χ2n) is 6.29. The molecule has 0 spiro atoms. The first-order valence-corrected chi connectivity index (χ1v) is 6.56. The van der Waals surface area contributed by atoms with E-state index in [0.29, 0.717) is 5.92 Å². The van der Waals surface area contributed by atoms with Gasteiger partial charge in [-0.15, -0.1) is 0 Å². The van der Waals surface area contributed by atoms with E-state index in [1.165, 1.54) is 27.8 Å². The lowest BCUT2D eigenvalue weighted by atomic mass is 9.85. The third-order valence-corrected chi connectivity index (χ3v) is 4.00. The van der Waals surface area contributed by atoms with Crippen molar-refractivity contribution >= 4 is 0 Å². The standard InChI is InChI=1S/C16H24O/c1-9(2)14-10(3)11(4)15-13(12(14)5)8-16(6,7)17-15/h9H,8H2,1-7H3. The van der Waals surface area contributed by atoms with Gasteiger partial charge in [-0.2, -0.15) is 0 Å². The van der Waals surface area contributed by atoms with Gasteiger partial charge in [-0.3, -0.25) is 0 Å². The molecule has 1 aliphatic rings. The molecule has 94 valence electrons. The number of hydrogen-bond donors (Lipinski definition) is 0. The smallest absolute Gasteiger partial charge is 0.126 e. The maximum Gasteiger partial charge on any atom is 0.126 e. The highest BCUT2D eigenvalue weighted by atomic mass is 16.5. The van der Waals surface area contributed by atoms with Crippen molar-refractivity contribution in [2.75, 3.05) is 0 Å². The van der Waals surface area contributed by atoms with Crippen molar-refractivity contribution in [2.24, 2.45) is 0 Å². The molecule has 0 radical (unpaired) electrons. The molecule has 0 unspecified atom stereocenters. The highest BCUT2D eigenvalue weighted by Gasteiger charge is 2.34. The second kappa shape index (κ2) is 3.76. The average molecular weight is 232 g/mol. The largest absolute Gasteiger partial charge is 0.487 e. The summed E-state index contributed by atoms with van der Waals surface area (Å²) in [7, 11) is 0. The quantitative estimate of drug-likeness (QED) is 0.695. The lowest BCUT2D eigenvalue weighted by molar-refractivity contribution is 0.137. The molecule has 0 aliphatic carbocycles. The molecule has 1 nitrogen and oxygen atoms in total. The van der Waals surface area contributed by atoms with Crippen LogP contribution >= 0.6 is 0 Å². The van der Waals surface area contributed by atoms with E-state index in [1.54, 1.807) is 0 Å². The van der Waals surface area contributed by atoms with Gasteiger partial charge in [0.05, 0.1) is 0 Å². The highest BCUT2D eigenvalue weighted by molar-refractivity contribution is 5.57. The topological polar surface area (TPSA) is 9.23 Å². The Balaban J connectivity index is 2.70. The van der Waals surface area contributed by atoms with E-state index in [9.17, 15) is 0 Å². The predicted octanol–water partition coefficient (Wildman–Crippen LogP) is 4.45. The van der Waals surface area contributed by atoms with Gasteiger partial charge in [0.1, 0.15) is 11.4 Å². The van der Waals surface area contributed by atoms with E-state index in [2.05, 4.69) is 48.5 Å². The maximum absolute atomic E-state index is 6.12. The molecule has 0 bridgehead atoms. The molecule has 2 rings (SSSR count). The van der Waals surface area contributed by atoms with E-state index in [0.717, 1.165) is 12.2 Å². The Morgan fingerprint density at radius 2 is 1.59 bits per heavy atom. The van der Waals surface area contributed by atoms with Crippen molar-refractivity contribution in [1.29, 1.82) is 0 Å². The molecular weight excluding hydrogens is 208 g/mol. The van der Waals surface area contributed by atoms with Crippen molar-refractivity contribution in [3.8, 4) is 5.75 Å². The van der Waals surface area contributed by atoms with Crippen molar-refractivity contribution in [3.05, 3.63) is 27.8 Å². The molecule has 0 atom stereocenters. The summed E-state index contributed by atoms with van der Waals surface area (Å²) in [5, 5.41) is 0. The van der Waals surface area contributed by atoms with Gasteiger partial charge < -0.3 is 4.74 Å². The monoisotopic (exact) mass is 232 g/mol. The predicted molar refractivity (Wildman–Crippen MR) is 73.2 cm³/mol. The fourth-order valence-corrected chi connectivity index (χ4v) is 3.17. The van der Waals surface area contributed by atoms with Crippen LogP contribution in [0.5, 0.6) is 5.75 Å². The van der Waals surface area contributed by atoms with E-state index >= 15 is 0 Å². The number of ether oxygens (including phenoxy) is 1. The van der Waals surface area contributed by atoms with Gasteiger partial charge in [0.25, 0.3) is 0 Å². The first-order valence-electron chi connectivity index (χ1n) is 6.56. The number of rotatable bonds is 1. The van der Waals surface area contributed by atoms with Gasteiger partial charge in [-0.1, -0.05) is 13.8 Å². The van der Waals surface area contributed by atoms with Crippen LogP contribution in [0, 0.1) is 20.8 Å². The molecule has 0 amide bonds.